The molecule has 0 bridgehead atoms. The molecule has 156 valence electrons. The number of hydrogen-bond donors (Lipinski definition) is 0. The maximum Gasteiger partial charge on any atom is 0.137 e. The Kier molecular flexibility index (Phi) is 7.69. The fourth-order valence-corrected chi connectivity index (χ4v) is 3.56. The Morgan fingerprint density at radius 2 is 1.33 bits per heavy atom. The van der Waals surface area contributed by atoms with Crippen molar-refractivity contribution in [3.63, 3.8) is 0 Å². The minimum atomic E-state index is -0.363. The van der Waals surface area contributed by atoms with Gasteiger partial charge in [0.05, 0.1) is 14.1 Å². The largest absolute Gasteiger partial charge is 0.633 e. The monoisotopic (exact) mass is 421 g/mol. The lowest BCUT2D eigenvalue weighted by Gasteiger charge is -2.33. The van der Waals surface area contributed by atoms with Crippen LogP contribution in [0, 0.1) is 5.21 Å². The Bertz CT molecular complexity index is 946. The second kappa shape index (κ2) is 10.4. The first kappa shape index (κ1) is 22.1. The molecule has 0 aliphatic heterocycles. The van der Waals surface area contributed by atoms with Gasteiger partial charge in [0, 0.05) is 5.88 Å². The molecule has 0 spiro atoms. The highest BCUT2D eigenvalue weighted by Crippen LogP contribution is 2.35. The van der Waals surface area contributed by atoms with Crippen molar-refractivity contribution in [3.05, 3.63) is 107 Å². The molecule has 0 saturated heterocycles. The molecule has 4 heteroatoms. The molecule has 3 nitrogen and oxygen atoms in total. The number of likely N-dealkylation sites (N-methyl/N-ethyl adjacent to an activating group) is 1. The van der Waals surface area contributed by atoms with Crippen LogP contribution >= 0.6 is 11.6 Å². The van der Waals surface area contributed by atoms with Crippen LogP contribution < -0.4 is 4.74 Å². The van der Waals surface area contributed by atoms with Gasteiger partial charge in [0.25, 0.3) is 0 Å². The number of quaternary nitrogens is 1. The number of benzene rings is 3. The van der Waals surface area contributed by atoms with Crippen molar-refractivity contribution in [1.29, 1.82) is 0 Å². The van der Waals surface area contributed by atoms with E-state index in [9.17, 15) is 5.21 Å². The highest BCUT2D eigenvalue weighted by molar-refractivity contribution is 6.18. The van der Waals surface area contributed by atoms with Gasteiger partial charge < -0.3 is 14.6 Å². The highest BCUT2D eigenvalue weighted by Gasteiger charge is 2.14. The van der Waals surface area contributed by atoms with E-state index in [4.69, 9.17) is 16.3 Å². The van der Waals surface area contributed by atoms with Gasteiger partial charge in [-0.1, -0.05) is 72.8 Å². The van der Waals surface area contributed by atoms with E-state index >= 15 is 0 Å². The van der Waals surface area contributed by atoms with Crippen LogP contribution in [-0.4, -0.2) is 37.8 Å². The molecular formula is C26H28ClNO2. The summed E-state index contributed by atoms with van der Waals surface area (Å²) in [5.74, 6) is 1.31. The zero-order valence-electron chi connectivity index (χ0n) is 17.6. The minimum absolute atomic E-state index is 0.363. The Morgan fingerprint density at radius 1 is 0.800 bits per heavy atom. The van der Waals surface area contributed by atoms with E-state index in [-0.39, 0.29) is 4.65 Å². The van der Waals surface area contributed by atoms with E-state index < -0.39 is 0 Å². The fourth-order valence-electron chi connectivity index (χ4n) is 3.37. The summed E-state index contributed by atoms with van der Waals surface area (Å²) in [6.45, 7) is 0.795. The summed E-state index contributed by atoms with van der Waals surface area (Å²) in [5, 5.41) is 11.7. The summed E-state index contributed by atoms with van der Waals surface area (Å²) in [6.07, 6.45) is 0.768. The average molecular weight is 422 g/mol. The van der Waals surface area contributed by atoms with Gasteiger partial charge in [-0.15, -0.1) is 11.6 Å². The predicted octanol–water partition coefficient (Wildman–Crippen LogP) is 6.23. The van der Waals surface area contributed by atoms with Gasteiger partial charge in [-0.25, -0.2) is 0 Å². The predicted molar refractivity (Wildman–Crippen MR) is 126 cm³/mol. The standard InChI is InChI=1S/C26H28ClNO2/c1-28(2,29)19-20-30-24-15-13-23(14-16-24)26(22-11-7-4-8-12-22)25(17-18-27)21-9-5-3-6-10-21/h3-16H,17-20H2,1-2H3/b26-25-. The van der Waals surface area contributed by atoms with E-state index in [0.29, 0.717) is 19.0 Å². The van der Waals surface area contributed by atoms with Gasteiger partial charge in [-0.05, 0) is 46.4 Å². The number of hydrogen-bond acceptors (Lipinski definition) is 2. The maximum atomic E-state index is 11.7. The molecule has 3 rings (SSSR count). The number of hydroxylamine groups is 3. The molecule has 0 N–H and O–H groups in total. The number of nitrogens with zero attached hydrogens (tertiary/aromatic N) is 1. The molecule has 30 heavy (non-hydrogen) atoms. The van der Waals surface area contributed by atoms with Crippen molar-refractivity contribution in [2.45, 2.75) is 6.42 Å². The summed E-state index contributed by atoms with van der Waals surface area (Å²) < 4.78 is 5.40. The van der Waals surface area contributed by atoms with Crippen LogP contribution in [0.3, 0.4) is 0 Å². The Hall–Kier alpha value is -2.59. The van der Waals surface area contributed by atoms with Crippen LogP contribution in [0.5, 0.6) is 5.75 Å². The first-order chi connectivity index (χ1) is 14.5. The van der Waals surface area contributed by atoms with Gasteiger partial charge >= 0.3 is 0 Å². The third-order valence-corrected chi connectivity index (χ3v) is 5.06. The fraction of sp³-hybridized carbons (Fsp3) is 0.231. The molecule has 3 aromatic carbocycles. The second-order valence-corrected chi connectivity index (χ2v) is 8.07. The molecular weight excluding hydrogens is 394 g/mol. The molecule has 0 aliphatic rings. The molecule has 3 aromatic rings. The van der Waals surface area contributed by atoms with Crippen LogP contribution in [0.1, 0.15) is 23.1 Å². The van der Waals surface area contributed by atoms with Gasteiger partial charge in [0.15, 0.2) is 0 Å². The smallest absolute Gasteiger partial charge is 0.137 e. The molecule has 0 amide bonds. The zero-order chi connectivity index (χ0) is 21.4. The molecule has 0 aromatic heterocycles. The van der Waals surface area contributed by atoms with Crippen LogP contribution in [0.15, 0.2) is 84.9 Å². The zero-order valence-corrected chi connectivity index (χ0v) is 18.3. The van der Waals surface area contributed by atoms with Crippen LogP contribution in [0.2, 0.25) is 0 Å². The maximum absolute atomic E-state index is 11.7. The molecule has 0 heterocycles. The summed E-state index contributed by atoms with van der Waals surface area (Å²) in [6, 6.07) is 28.9. The lowest BCUT2D eigenvalue weighted by atomic mass is 9.88. The van der Waals surface area contributed by atoms with Crippen LogP contribution in [0.25, 0.3) is 11.1 Å². The van der Waals surface area contributed by atoms with E-state index in [1.807, 2.05) is 24.3 Å². The van der Waals surface area contributed by atoms with Crippen molar-refractivity contribution < 1.29 is 9.38 Å². The number of ether oxygens (including phenoxy) is 1. The quantitative estimate of drug-likeness (QED) is 0.177. The third kappa shape index (κ3) is 6.20. The highest BCUT2D eigenvalue weighted by atomic mass is 35.5. The van der Waals surface area contributed by atoms with Gasteiger partial charge in [-0.2, -0.15) is 0 Å². The van der Waals surface area contributed by atoms with Crippen molar-refractivity contribution in [2.24, 2.45) is 0 Å². The van der Waals surface area contributed by atoms with E-state index in [1.54, 1.807) is 14.1 Å². The topological polar surface area (TPSA) is 32.3 Å². The van der Waals surface area contributed by atoms with Crippen molar-refractivity contribution >= 4 is 22.7 Å². The summed E-state index contributed by atoms with van der Waals surface area (Å²) >= 11 is 6.20. The summed E-state index contributed by atoms with van der Waals surface area (Å²) in [5.41, 5.74) is 5.83. The van der Waals surface area contributed by atoms with Crippen LogP contribution in [-0.2, 0) is 0 Å². The van der Waals surface area contributed by atoms with Gasteiger partial charge in [0.2, 0.25) is 0 Å². The lowest BCUT2D eigenvalue weighted by Crippen LogP contribution is -2.36. The van der Waals surface area contributed by atoms with E-state index in [2.05, 4.69) is 60.7 Å². The molecule has 0 unspecified atom stereocenters. The average Bonchev–Trinajstić information content (AvgIpc) is 2.75. The van der Waals surface area contributed by atoms with Crippen LogP contribution in [0.4, 0.5) is 0 Å². The first-order valence-corrected chi connectivity index (χ1v) is 10.7. The normalized spacial score (nSPS) is 12.4. The van der Waals surface area contributed by atoms with E-state index in [0.717, 1.165) is 23.3 Å². The number of allylic oxidation sites excluding steroid dienone is 1. The van der Waals surface area contributed by atoms with Gasteiger partial charge in [-0.3, -0.25) is 0 Å². The summed E-state index contributed by atoms with van der Waals surface area (Å²) in [4.78, 5) is 0. The third-order valence-electron chi connectivity index (χ3n) is 4.87. The molecule has 0 aliphatic carbocycles. The first-order valence-electron chi connectivity index (χ1n) is 10.1. The summed E-state index contributed by atoms with van der Waals surface area (Å²) in [7, 11) is 3.23. The number of alkyl halides is 1. The minimum Gasteiger partial charge on any atom is -0.633 e. The molecule has 0 fully saturated rings. The molecule has 0 radical (unpaired) electrons. The SMILES string of the molecule is C[N+](C)([O-])CCOc1ccc(/C(=C(/CCCl)c2ccccc2)c2ccccc2)cc1. The Morgan fingerprint density at radius 3 is 1.87 bits per heavy atom. The van der Waals surface area contributed by atoms with Crippen molar-refractivity contribution in [1.82, 2.24) is 0 Å². The van der Waals surface area contributed by atoms with E-state index in [1.165, 1.54) is 16.7 Å². The lowest BCUT2D eigenvalue weighted by molar-refractivity contribution is -0.840. The number of rotatable bonds is 9. The molecule has 0 saturated carbocycles. The second-order valence-electron chi connectivity index (χ2n) is 7.69. The Labute approximate surface area is 184 Å². The number of halogens is 1. The van der Waals surface area contributed by atoms with Crippen molar-refractivity contribution in [3.8, 4) is 5.75 Å². The van der Waals surface area contributed by atoms with Crippen molar-refractivity contribution in [2.75, 3.05) is 33.1 Å². The van der Waals surface area contributed by atoms with Gasteiger partial charge in [0.1, 0.15) is 18.9 Å². The molecule has 0 atom stereocenters. The Balaban J connectivity index is 1.99.